The first-order valence-corrected chi connectivity index (χ1v) is 7.75. The molecule has 0 aromatic heterocycles. The Labute approximate surface area is 131 Å². The van der Waals surface area contributed by atoms with E-state index in [-0.39, 0.29) is 25.0 Å². The van der Waals surface area contributed by atoms with Gasteiger partial charge in [-0.25, -0.2) is 0 Å². The first-order valence-electron chi connectivity index (χ1n) is 7.75. The SMILES string of the molecule is Cc1ccc(C(C)C)c(OCC(=O)NCC(=O)NC2CC2)c1. The van der Waals surface area contributed by atoms with Crippen molar-refractivity contribution in [2.75, 3.05) is 13.2 Å². The number of hydrogen-bond acceptors (Lipinski definition) is 3. The third kappa shape index (κ3) is 5.06. The maximum atomic E-state index is 11.8. The molecule has 22 heavy (non-hydrogen) atoms. The average Bonchev–Trinajstić information content (AvgIpc) is 3.26. The van der Waals surface area contributed by atoms with Crippen molar-refractivity contribution >= 4 is 11.8 Å². The monoisotopic (exact) mass is 304 g/mol. The fourth-order valence-corrected chi connectivity index (χ4v) is 2.12. The molecule has 0 bridgehead atoms. The molecular weight excluding hydrogens is 280 g/mol. The maximum absolute atomic E-state index is 11.8. The molecule has 2 rings (SSSR count). The molecule has 1 aliphatic carbocycles. The molecule has 120 valence electrons. The van der Waals surface area contributed by atoms with Gasteiger partial charge in [-0.2, -0.15) is 0 Å². The van der Waals surface area contributed by atoms with Gasteiger partial charge in [0, 0.05) is 6.04 Å². The lowest BCUT2D eigenvalue weighted by Crippen LogP contribution is -2.39. The fraction of sp³-hybridized carbons (Fsp3) is 0.529. The smallest absolute Gasteiger partial charge is 0.258 e. The Morgan fingerprint density at radius 2 is 2.00 bits per heavy atom. The van der Waals surface area contributed by atoms with Gasteiger partial charge in [0.1, 0.15) is 5.75 Å². The van der Waals surface area contributed by atoms with Gasteiger partial charge in [0.15, 0.2) is 6.61 Å². The zero-order valence-electron chi connectivity index (χ0n) is 13.4. The number of aryl methyl sites for hydroxylation is 1. The number of carbonyl (C=O) groups is 2. The highest BCUT2D eigenvalue weighted by molar-refractivity contribution is 5.85. The first kappa shape index (κ1) is 16.3. The van der Waals surface area contributed by atoms with Crippen LogP contribution in [0.3, 0.4) is 0 Å². The highest BCUT2D eigenvalue weighted by Gasteiger charge is 2.23. The summed E-state index contributed by atoms with van der Waals surface area (Å²) in [5.41, 5.74) is 2.16. The molecule has 0 spiro atoms. The van der Waals surface area contributed by atoms with E-state index < -0.39 is 0 Å². The van der Waals surface area contributed by atoms with Gasteiger partial charge in [-0.05, 0) is 42.9 Å². The first-order chi connectivity index (χ1) is 10.5. The Balaban J connectivity index is 1.80. The summed E-state index contributed by atoms with van der Waals surface area (Å²) in [6, 6.07) is 6.30. The predicted molar refractivity (Wildman–Crippen MR) is 84.9 cm³/mol. The van der Waals surface area contributed by atoms with Gasteiger partial charge in [-0.15, -0.1) is 0 Å². The van der Waals surface area contributed by atoms with Gasteiger partial charge in [-0.1, -0.05) is 26.0 Å². The van der Waals surface area contributed by atoms with Crippen molar-refractivity contribution in [1.29, 1.82) is 0 Å². The average molecular weight is 304 g/mol. The molecule has 1 saturated carbocycles. The van der Waals surface area contributed by atoms with E-state index >= 15 is 0 Å². The molecule has 2 N–H and O–H groups in total. The number of hydrogen-bond donors (Lipinski definition) is 2. The third-order valence-electron chi connectivity index (χ3n) is 3.54. The highest BCUT2D eigenvalue weighted by Crippen LogP contribution is 2.27. The van der Waals surface area contributed by atoms with Crippen LogP contribution < -0.4 is 15.4 Å². The van der Waals surface area contributed by atoms with Gasteiger partial charge >= 0.3 is 0 Å². The van der Waals surface area contributed by atoms with Crippen molar-refractivity contribution in [2.24, 2.45) is 0 Å². The largest absolute Gasteiger partial charge is 0.483 e. The zero-order valence-corrected chi connectivity index (χ0v) is 13.4. The van der Waals surface area contributed by atoms with E-state index in [0.717, 1.165) is 29.7 Å². The molecule has 0 heterocycles. The Bertz CT molecular complexity index is 551. The summed E-state index contributed by atoms with van der Waals surface area (Å²) in [5, 5.41) is 5.39. The molecule has 5 heteroatoms. The van der Waals surface area contributed by atoms with E-state index in [2.05, 4.69) is 24.5 Å². The highest BCUT2D eigenvalue weighted by atomic mass is 16.5. The number of rotatable bonds is 7. The van der Waals surface area contributed by atoms with Gasteiger partial charge in [-0.3, -0.25) is 9.59 Å². The number of nitrogens with one attached hydrogen (secondary N) is 2. The van der Waals surface area contributed by atoms with Crippen LogP contribution in [0, 0.1) is 6.92 Å². The van der Waals surface area contributed by atoms with Crippen LogP contribution in [0.1, 0.15) is 43.7 Å². The second kappa shape index (κ2) is 7.29. The zero-order chi connectivity index (χ0) is 16.1. The van der Waals surface area contributed by atoms with E-state index in [1.807, 2.05) is 25.1 Å². The molecule has 0 unspecified atom stereocenters. The van der Waals surface area contributed by atoms with Crippen molar-refractivity contribution in [3.8, 4) is 5.75 Å². The van der Waals surface area contributed by atoms with Crippen molar-refractivity contribution in [3.05, 3.63) is 29.3 Å². The summed E-state index contributed by atoms with van der Waals surface area (Å²) in [4.78, 5) is 23.3. The van der Waals surface area contributed by atoms with Crippen molar-refractivity contribution in [1.82, 2.24) is 10.6 Å². The lowest BCUT2D eigenvalue weighted by molar-refractivity contribution is -0.127. The second-order valence-electron chi connectivity index (χ2n) is 6.10. The van der Waals surface area contributed by atoms with E-state index in [0.29, 0.717) is 12.0 Å². The van der Waals surface area contributed by atoms with Gasteiger partial charge in [0.2, 0.25) is 5.91 Å². The summed E-state index contributed by atoms with van der Waals surface area (Å²) >= 11 is 0. The quantitative estimate of drug-likeness (QED) is 0.808. The fourth-order valence-electron chi connectivity index (χ4n) is 2.12. The number of carbonyl (C=O) groups excluding carboxylic acids is 2. The van der Waals surface area contributed by atoms with Crippen LogP contribution in [-0.2, 0) is 9.59 Å². The van der Waals surface area contributed by atoms with Crippen molar-refractivity contribution in [2.45, 2.75) is 45.6 Å². The van der Waals surface area contributed by atoms with Gasteiger partial charge < -0.3 is 15.4 Å². The van der Waals surface area contributed by atoms with Crippen LogP contribution in [-0.4, -0.2) is 31.0 Å². The van der Waals surface area contributed by atoms with E-state index in [4.69, 9.17) is 4.74 Å². The summed E-state index contributed by atoms with van der Waals surface area (Å²) < 4.78 is 5.62. The van der Waals surface area contributed by atoms with Crippen LogP contribution in [0.25, 0.3) is 0 Å². The molecule has 0 saturated heterocycles. The molecule has 5 nitrogen and oxygen atoms in total. The number of ether oxygens (including phenoxy) is 1. The topological polar surface area (TPSA) is 67.4 Å². The van der Waals surface area contributed by atoms with Crippen LogP contribution in [0.15, 0.2) is 18.2 Å². The molecule has 1 aliphatic rings. The minimum Gasteiger partial charge on any atom is -0.483 e. The standard InChI is InChI=1S/C17H24N2O3/c1-11(2)14-7-4-12(3)8-15(14)22-10-17(21)18-9-16(20)19-13-5-6-13/h4,7-8,11,13H,5-6,9-10H2,1-3H3,(H,18,21)(H,19,20). The molecule has 1 fully saturated rings. The van der Waals surface area contributed by atoms with Crippen LogP contribution in [0.4, 0.5) is 0 Å². The lowest BCUT2D eigenvalue weighted by atomic mass is 10.0. The number of amides is 2. The van der Waals surface area contributed by atoms with Gasteiger partial charge in [0.25, 0.3) is 5.91 Å². The molecular formula is C17H24N2O3. The molecule has 0 radical (unpaired) electrons. The maximum Gasteiger partial charge on any atom is 0.258 e. The van der Waals surface area contributed by atoms with E-state index in [9.17, 15) is 9.59 Å². The minimum absolute atomic E-state index is 0.00352. The Morgan fingerprint density at radius 3 is 2.64 bits per heavy atom. The Hall–Kier alpha value is -2.04. The Morgan fingerprint density at radius 1 is 1.27 bits per heavy atom. The molecule has 2 amide bonds. The lowest BCUT2D eigenvalue weighted by Gasteiger charge is -2.14. The Kier molecular flexibility index (Phi) is 5.41. The minimum atomic E-state index is -0.290. The molecule has 1 aromatic carbocycles. The number of benzene rings is 1. The molecule has 0 atom stereocenters. The van der Waals surface area contributed by atoms with Crippen molar-refractivity contribution in [3.63, 3.8) is 0 Å². The molecule has 0 aliphatic heterocycles. The van der Waals surface area contributed by atoms with Crippen LogP contribution >= 0.6 is 0 Å². The molecule has 1 aromatic rings. The third-order valence-corrected chi connectivity index (χ3v) is 3.54. The summed E-state index contributed by atoms with van der Waals surface area (Å²) in [5.74, 6) is 0.618. The van der Waals surface area contributed by atoms with Crippen molar-refractivity contribution < 1.29 is 14.3 Å². The summed E-state index contributed by atoms with van der Waals surface area (Å²) in [6.45, 7) is 6.07. The van der Waals surface area contributed by atoms with E-state index in [1.54, 1.807) is 0 Å². The van der Waals surface area contributed by atoms with Crippen LogP contribution in [0.2, 0.25) is 0 Å². The summed E-state index contributed by atoms with van der Waals surface area (Å²) in [6.07, 6.45) is 2.07. The van der Waals surface area contributed by atoms with Crippen LogP contribution in [0.5, 0.6) is 5.75 Å². The van der Waals surface area contributed by atoms with E-state index in [1.165, 1.54) is 0 Å². The summed E-state index contributed by atoms with van der Waals surface area (Å²) in [7, 11) is 0. The van der Waals surface area contributed by atoms with Gasteiger partial charge in [0.05, 0.1) is 6.54 Å². The second-order valence-corrected chi connectivity index (χ2v) is 6.10. The predicted octanol–water partition coefficient (Wildman–Crippen LogP) is 1.89. The normalized spacial score (nSPS) is 13.8.